The molecular formula is C8H9NO2. The van der Waals surface area contributed by atoms with Crippen LogP contribution in [0.1, 0.15) is 12.8 Å². The lowest BCUT2D eigenvalue weighted by Gasteiger charge is -2.00. The summed E-state index contributed by atoms with van der Waals surface area (Å²) in [6.45, 7) is 0. The van der Waals surface area contributed by atoms with Crippen LogP contribution in [0.5, 0.6) is 11.6 Å². The number of nitrogens with zero attached hydrogens (tertiary/aromatic N) is 1. The quantitative estimate of drug-likeness (QED) is 0.693. The van der Waals surface area contributed by atoms with Gasteiger partial charge < -0.3 is 9.84 Å². The Bertz CT molecular complexity index is 241. The van der Waals surface area contributed by atoms with Crippen LogP contribution in [0.3, 0.4) is 0 Å². The largest absolute Gasteiger partial charge is 0.506 e. The minimum absolute atomic E-state index is 0.174. The topological polar surface area (TPSA) is 42.4 Å². The highest BCUT2D eigenvalue weighted by molar-refractivity contribution is 5.21. The molecule has 1 aromatic rings. The van der Waals surface area contributed by atoms with Gasteiger partial charge in [-0.3, -0.25) is 0 Å². The fourth-order valence-electron chi connectivity index (χ4n) is 0.799. The summed E-state index contributed by atoms with van der Waals surface area (Å²) in [6, 6.07) is 3.25. The van der Waals surface area contributed by atoms with Gasteiger partial charge in [0.15, 0.2) is 0 Å². The van der Waals surface area contributed by atoms with E-state index in [1.165, 1.54) is 6.20 Å². The SMILES string of the molecule is Oc1ccc(OC2CC2)nc1. The maximum atomic E-state index is 8.89. The molecule has 1 aliphatic rings. The zero-order valence-electron chi connectivity index (χ0n) is 6.03. The molecule has 58 valence electrons. The van der Waals surface area contributed by atoms with Gasteiger partial charge in [0.05, 0.1) is 6.20 Å². The second-order valence-electron chi connectivity index (χ2n) is 2.67. The summed E-state index contributed by atoms with van der Waals surface area (Å²) in [6.07, 6.45) is 4.01. The lowest BCUT2D eigenvalue weighted by atomic mass is 10.4. The van der Waals surface area contributed by atoms with Gasteiger partial charge in [-0.25, -0.2) is 4.98 Å². The minimum atomic E-state index is 0.174. The fraction of sp³-hybridized carbons (Fsp3) is 0.375. The molecule has 0 aliphatic heterocycles. The van der Waals surface area contributed by atoms with Gasteiger partial charge in [0, 0.05) is 6.07 Å². The summed E-state index contributed by atoms with van der Waals surface area (Å²) < 4.78 is 5.36. The standard InChI is InChI=1S/C8H9NO2/c10-6-1-4-8(9-5-6)11-7-2-3-7/h1,4-5,7,10H,2-3H2. The lowest BCUT2D eigenvalue weighted by molar-refractivity contribution is 0.290. The first-order chi connectivity index (χ1) is 5.34. The zero-order valence-corrected chi connectivity index (χ0v) is 6.03. The molecule has 3 heteroatoms. The van der Waals surface area contributed by atoms with E-state index in [1.807, 2.05) is 0 Å². The average molecular weight is 151 g/mol. The molecule has 0 atom stereocenters. The maximum absolute atomic E-state index is 8.89. The zero-order chi connectivity index (χ0) is 7.68. The van der Waals surface area contributed by atoms with E-state index in [0.717, 1.165) is 12.8 Å². The number of hydrogen-bond acceptors (Lipinski definition) is 3. The molecule has 0 bridgehead atoms. The van der Waals surface area contributed by atoms with Crippen LogP contribution < -0.4 is 4.74 Å². The third kappa shape index (κ3) is 1.61. The van der Waals surface area contributed by atoms with Crippen LogP contribution in [0, 0.1) is 0 Å². The van der Waals surface area contributed by atoms with E-state index >= 15 is 0 Å². The molecule has 0 unspecified atom stereocenters. The molecule has 0 radical (unpaired) electrons. The van der Waals surface area contributed by atoms with Crippen molar-refractivity contribution in [2.24, 2.45) is 0 Å². The van der Waals surface area contributed by atoms with Crippen molar-refractivity contribution < 1.29 is 9.84 Å². The Morgan fingerprint density at radius 2 is 2.27 bits per heavy atom. The summed E-state index contributed by atoms with van der Waals surface area (Å²) in [7, 11) is 0. The van der Waals surface area contributed by atoms with Crippen LogP contribution in [-0.2, 0) is 0 Å². The van der Waals surface area contributed by atoms with E-state index in [-0.39, 0.29) is 5.75 Å². The fourth-order valence-corrected chi connectivity index (χ4v) is 0.799. The van der Waals surface area contributed by atoms with Gasteiger partial charge in [0.2, 0.25) is 5.88 Å². The molecule has 1 aromatic heterocycles. The van der Waals surface area contributed by atoms with E-state index in [1.54, 1.807) is 12.1 Å². The highest BCUT2D eigenvalue weighted by Gasteiger charge is 2.23. The third-order valence-electron chi connectivity index (χ3n) is 1.53. The summed E-state index contributed by atoms with van der Waals surface area (Å²) in [5.41, 5.74) is 0. The second-order valence-corrected chi connectivity index (χ2v) is 2.67. The molecule has 1 aliphatic carbocycles. The predicted octanol–water partition coefficient (Wildman–Crippen LogP) is 1.33. The smallest absolute Gasteiger partial charge is 0.213 e. The Morgan fingerprint density at radius 1 is 1.45 bits per heavy atom. The Balaban J connectivity index is 2.06. The Labute approximate surface area is 64.6 Å². The number of hydrogen-bond donors (Lipinski definition) is 1. The molecule has 0 spiro atoms. The summed E-state index contributed by atoms with van der Waals surface area (Å²) >= 11 is 0. The second kappa shape index (κ2) is 2.42. The van der Waals surface area contributed by atoms with Crippen LogP contribution in [0.2, 0.25) is 0 Å². The number of rotatable bonds is 2. The Kier molecular flexibility index (Phi) is 1.42. The molecule has 0 amide bonds. The van der Waals surface area contributed by atoms with Crippen molar-refractivity contribution in [2.45, 2.75) is 18.9 Å². The number of pyridine rings is 1. The van der Waals surface area contributed by atoms with Gasteiger partial charge >= 0.3 is 0 Å². The van der Waals surface area contributed by atoms with Gasteiger partial charge in [-0.2, -0.15) is 0 Å². The van der Waals surface area contributed by atoms with Crippen molar-refractivity contribution in [3.63, 3.8) is 0 Å². The third-order valence-corrected chi connectivity index (χ3v) is 1.53. The highest BCUT2D eigenvalue weighted by atomic mass is 16.5. The van der Waals surface area contributed by atoms with Crippen LogP contribution in [-0.4, -0.2) is 16.2 Å². The van der Waals surface area contributed by atoms with Gasteiger partial charge in [-0.05, 0) is 18.9 Å². The normalized spacial score (nSPS) is 16.4. The summed E-state index contributed by atoms with van der Waals surface area (Å²) in [5, 5.41) is 8.89. The minimum Gasteiger partial charge on any atom is -0.506 e. The van der Waals surface area contributed by atoms with E-state index < -0.39 is 0 Å². The molecule has 1 fully saturated rings. The van der Waals surface area contributed by atoms with Crippen LogP contribution in [0.25, 0.3) is 0 Å². The van der Waals surface area contributed by atoms with Crippen LogP contribution >= 0.6 is 0 Å². The van der Waals surface area contributed by atoms with Crippen molar-refractivity contribution in [3.8, 4) is 11.6 Å². The van der Waals surface area contributed by atoms with Crippen molar-refractivity contribution in [3.05, 3.63) is 18.3 Å². The number of aromatic hydroxyl groups is 1. The summed E-state index contributed by atoms with van der Waals surface area (Å²) in [4.78, 5) is 3.89. The lowest BCUT2D eigenvalue weighted by Crippen LogP contribution is -1.96. The summed E-state index contributed by atoms with van der Waals surface area (Å²) in [5.74, 6) is 0.776. The van der Waals surface area contributed by atoms with Crippen molar-refractivity contribution in [1.29, 1.82) is 0 Å². The Hall–Kier alpha value is -1.25. The maximum Gasteiger partial charge on any atom is 0.213 e. The van der Waals surface area contributed by atoms with Crippen LogP contribution in [0.15, 0.2) is 18.3 Å². The molecule has 2 rings (SSSR count). The molecular weight excluding hydrogens is 142 g/mol. The number of aromatic nitrogens is 1. The van der Waals surface area contributed by atoms with Crippen LogP contribution in [0.4, 0.5) is 0 Å². The van der Waals surface area contributed by atoms with Gasteiger partial charge in [-0.15, -0.1) is 0 Å². The van der Waals surface area contributed by atoms with Crippen molar-refractivity contribution in [1.82, 2.24) is 4.98 Å². The van der Waals surface area contributed by atoms with Crippen molar-refractivity contribution in [2.75, 3.05) is 0 Å². The van der Waals surface area contributed by atoms with Gasteiger partial charge in [-0.1, -0.05) is 0 Å². The molecule has 11 heavy (non-hydrogen) atoms. The molecule has 1 saturated carbocycles. The van der Waals surface area contributed by atoms with E-state index in [4.69, 9.17) is 9.84 Å². The number of ether oxygens (including phenoxy) is 1. The van der Waals surface area contributed by atoms with Gasteiger partial charge in [0.25, 0.3) is 0 Å². The molecule has 1 N–H and O–H groups in total. The average Bonchev–Trinajstić information content (AvgIpc) is 2.78. The first-order valence-electron chi connectivity index (χ1n) is 3.66. The van der Waals surface area contributed by atoms with Gasteiger partial charge in [0.1, 0.15) is 11.9 Å². The molecule has 0 aromatic carbocycles. The van der Waals surface area contributed by atoms with E-state index in [9.17, 15) is 0 Å². The molecule has 0 saturated heterocycles. The van der Waals surface area contributed by atoms with E-state index in [2.05, 4.69) is 4.98 Å². The monoisotopic (exact) mass is 151 g/mol. The first kappa shape index (κ1) is 6.46. The first-order valence-corrected chi connectivity index (χ1v) is 3.66. The van der Waals surface area contributed by atoms with Crippen molar-refractivity contribution >= 4 is 0 Å². The Morgan fingerprint density at radius 3 is 2.82 bits per heavy atom. The molecule has 3 nitrogen and oxygen atoms in total. The highest BCUT2D eigenvalue weighted by Crippen LogP contribution is 2.25. The predicted molar refractivity (Wildman–Crippen MR) is 39.6 cm³/mol. The molecule has 1 heterocycles. The van der Waals surface area contributed by atoms with E-state index in [0.29, 0.717) is 12.0 Å².